The van der Waals surface area contributed by atoms with Crippen molar-refractivity contribution in [2.24, 2.45) is 5.92 Å². The molecule has 0 aliphatic rings. The summed E-state index contributed by atoms with van der Waals surface area (Å²) in [5.41, 5.74) is 0.619. The lowest BCUT2D eigenvalue weighted by Crippen LogP contribution is -2.30. The second-order valence-corrected chi connectivity index (χ2v) is 4.72. The summed E-state index contributed by atoms with van der Waals surface area (Å²) in [7, 11) is 1.35. The van der Waals surface area contributed by atoms with Crippen molar-refractivity contribution in [1.82, 2.24) is 0 Å². The van der Waals surface area contributed by atoms with Crippen molar-refractivity contribution in [2.75, 3.05) is 12.4 Å². The molecule has 0 aliphatic carbocycles. The smallest absolute Gasteiger partial charge is 0.310 e. The predicted molar refractivity (Wildman–Crippen MR) is 68.4 cm³/mol. The molecular formula is C12H15BrFNO2. The molecule has 0 radical (unpaired) electrons. The van der Waals surface area contributed by atoms with Crippen LogP contribution in [-0.2, 0) is 9.53 Å². The molecule has 2 unspecified atom stereocenters. The third-order valence-corrected chi connectivity index (χ3v) is 3.33. The van der Waals surface area contributed by atoms with E-state index in [1.54, 1.807) is 13.0 Å². The number of hydrogen-bond donors (Lipinski definition) is 1. The van der Waals surface area contributed by atoms with Crippen LogP contribution in [0, 0.1) is 11.7 Å². The van der Waals surface area contributed by atoms with Gasteiger partial charge >= 0.3 is 5.97 Å². The second kappa shape index (κ2) is 6.00. The lowest BCUT2D eigenvalue weighted by molar-refractivity contribution is -0.145. The highest BCUT2D eigenvalue weighted by molar-refractivity contribution is 9.10. The molecule has 0 fully saturated rings. The number of anilines is 1. The number of ether oxygens (including phenoxy) is 1. The molecule has 2 atom stereocenters. The average molecular weight is 304 g/mol. The lowest BCUT2D eigenvalue weighted by Gasteiger charge is -2.21. The van der Waals surface area contributed by atoms with E-state index < -0.39 is 0 Å². The van der Waals surface area contributed by atoms with E-state index >= 15 is 0 Å². The van der Waals surface area contributed by atoms with Gasteiger partial charge in [0.15, 0.2) is 0 Å². The van der Waals surface area contributed by atoms with E-state index in [1.165, 1.54) is 19.2 Å². The highest BCUT2D eigenvalue weighted by Gasteiger charge is 2.21. The predicted octanol–water partition coefficient (Wildman–Crippen LogP) is 3.20. The Morgan fingerprint density at radius 3 is 2.71 bits per heavy atom. The van der Waals surface area contributed by atoms with E-state index in [1.807, 2.05) is 6.92 Å². The summed E-state index contributed by atoms with van der Waals surface area (Å²) in [6, 6.07) is 4.21. The number of halogens is 2. The minimum Gasteiger partial charge on any atom is -0.469 e. The van der Waals surface area contributed by atoms with Gasteiger partial charge in [-0.3, -0.25) is 4.79 Å². The van der Waals surface area contributed by atoms with Gasteiger partial charge in [0, 0.05) is 10.5 Å². The lowest BCUT2D eigenvalue weighted by atomic mass is 10.0. The summed E-state index contributed by atoms with van der Waals surface area (Å²) >= 11 is 3.32. The van der Waals surface area contributed by atoms with E-state index in [9.17, 15) is 9.18 Å². The molecule has 0 amide bonds. The van der Waals surface area contributed by atoms with Crippen molar-refractivity contribution < 1.29 is 13.9 Å². The van der Waals surface area contributed by atoms with Gasteiger partial charge in [0.25, 0.3) is 0 Å². The van der Waals surface area contributed by atoms with Crippen LogP contribution in [0.3, 0.4) is 0 Å². The van der Waals surface area contributed by atoms with E-state index in [-0.39, 0.29) is 23.7 Å². The highest BCUT2D eigenvalue weighted by Crippen LogP contribution is 2.25. The molecule has 17 heavy (non-hydrogen) atoms. The number of benzene rings is 1. The Balaban J connectivity index is 2.77. The van der Waals surface area contributed by atoms with Crippen LogP contribution in [0.25, 0.3) is 0 Å². The molecule has 1 rings (SSSR count). The van der Waals surface area contributed by atoms with Crippen molar-refractivity contribution >= 4 is 27.6 Å². The van der Waals surface area contributed by atoms with Crippen LogP contribution in [0.4, 0.5) is 10.1 Å². The third kappa shape index (κ3) is 3.70. The first-order chi connectivity index (χ1) is 7.95. The molecule has 5 heteroatoms. The number of esters is 1. The van der Waals surface area contributed by atoms with E-state index in [0.717, 1.165) is 4.47 Å². The zero-order valence-corrected chi connectivity index (χ0v) is 11.5. The van der Waals surface area contributed by atoms with Gasteiger partial charge in [-0.25, -0.2) is 4.39 Å². The molecule has 0 saturated heterocycles. The van der Waals surface area contributed by atoms with Crippen molar-refractivity contribution in [1.29, 1.82) is 0 Å². The van der Waals surface area contributed by atoms with Gasteiger partial charge < -0.3 is 10.1 Å². The number of carbonyl (C=O) groups is 1. The van der Waals surface area contributed by atoms with E-state index in [0.29, 0.717) is 5.69 Å². The van der Waals surface area contributed by atoms with Gasteiger partial charge in [0.05, 0.1) is 18.7 Å². The molecule has 0 spiro atoms. The molecule has 3 nitrogen and oxygen atoms in total. The first-order valence-corrected chi connectivity index (χ1v) is 6.04. The van der Waals surface area contributed by atoms with E-state index in [2.05, 4.69) is 26.0 Å². The Morgan fingerprint density at radius 2 is 2.12 bits per heavy atom. The number of methoxy groups -OCH3 is 1. The molecular weight excluding hydrogens is 289 g/mol. The maximum absolute atomic E-state index is 13.1. The zero-order chi connectivity index (χ0) is 13.0. The Morgan fingerprint density at radius 1 is 1.47 bits per heavy atom. The van der Waals surface area contributed by atoms with Gasteiger partial charge in [0.2, 0.25) is 0 Å². The SMILES string of the molecule is COC(=O)C(C)C(C)Nc1cc(F)ccc1Br. The topological polar surface area (TPSA) is 38.3 Å². The fourth-order valence-corrected chi connectivity index (χ4v) is 1.73. The largest absolute Gasteiger partial charge is 0.469 e. The van der Waals surface area contributed by atoms with Gasteiger partial charge in [-0.15, -0.1) is 0 Å². The monoisotopic (exact) mass is 303 g/mol. The Hall–Kier alpha value is -1.10. The Bertz CT molecular complexity index is 411. The van der Waals surface area contributed by atoms with Crippen LogP contribution in [-0.4, -0.2) is 19.1 Å². The first kappa shape index (κ1) is 14.0. The van der Waals surface area contributed by atoms with Crippen molar-refractivity contribution in [3.8, 4) is 0 Å². The highest BCUT2D eigenvalue weighted by atomic mass is 79.9. The minimum absolute atomic E-state index is 0.152. The molecule has 0 bridgehead atoms. The number of carbonyl (C=O) groups excluding carboxylic acids is 1. The molecule has 0 aliphatic heterocycles. The van der Waals surface area contributed by atoms with Crippen LogP contribution in [0.1, 0.15) is 13.8 Å². The van der Waals surface area contributed by atoms with Gasteiger partial charge in [0.1, 0.15) is 5.82 Å². The van der Waals surface area contributed by atoms with Crippen LogP contribution in [0.15, 0.2) is 22.7 Å². The quantitative estimate of drug-likeness (QED) is 0.868. The van der Waals surface area contributed by atoms with Crippen LogP contribution in [0.5, 0.6) is 0 Å². The Labute approximate surface area is 108 Å². The molecule has 0 heterocycles. The fourth-order valence-electron chi connectivity index (χ4n) is 1.37. The Kier molecular flexibility index (Phi) is 4.93. The summed E-state index contributed by atoms with van der Waals surface area (Å²) in [4.78, 5) is 11.3. The van der Waals surface area contributed by atoms with Crippen molar-refractivity contribution in [3.05, 3.63) is 28.5 Å². The normalized spacial score (nSPS) is 13.9. The summed E-state index contributed by atoms with van der Waals surface area (Å²) in [5, 5.41) is 3.08. The van der Waals surface area contributed by atoms with Crippen LogP contribution < -0.4 is 5.32 Å². The molecule has 1 aromatic carbocycles. The van der Waals surface area contributed by atoms with Crippen molar-refractivity contribution in [3.63, 3.8) is 0 Å². The molecule has 0 saturated carbocycles. The third-order valence-electron chi connectivity index (χ3n) is 2.63. The summed E-state index contributed by atoms with van der Waals surface area (Å²) < 4.78 is 18.5. The summed E-state index contributed by atoms with van der Waals surface area (Å²) in [6.45, 7) is 3.61. The van der Waals surface area contributed by atoms with E-state index in [4.69, 9.17) is 0 Å². The number of hydrogen-bond acceptors (Lipinski definition) is 3. The summed E-state index contributed by atoms with van der Waals surface area (Å²) in [5.74, 6) is -0.929. The van der Waals surface area contributed by atoms with Crippen LogP contribution in [0.2, 0.25) is 0 Å². The van der Waals surface area contributed by atoms with Crippen molar-refractivity contribution in [2.45, 2.75) is 19.9 Å². The minimum atomic E-state index is -0.325. The second-order valence-electron chi connectivity index (χ2n) is 3.87. The molecule has 1 N–H and O–H groups in total. The maximum atomic E-state index is 13.1. The number of rotatable bonds is 4. The van der Waals surface area contributed by atoms with Gasteiger partial charge in [-0.1, -0.05) is 0 Å². The first-order valence-electron chi connectivity index (χ1n) is 5.25. The van der Waals surface area contributed by atoms with Gasteiger partial charge in [-0.05, 0) is 48.0 Å². The molecule has 1 aromatic rings. The van der Waals surface area contributed by atoms with Gasteiger partial charge in [-0.2, -0.15) is 0 Å². The summed E-state index contributed by atoms with van der Waals surface area (Å²) in [6.07, 6.45) is 0. The number of nitrogens with one attached hydrogen (secondary N) is 1. The average Bonchev–Trinajstić information content (AvgIpc) is 2.31. The zero-order valence-electron chi connectivity index (χ0n) is 9.96. The molecule has 0 aromatic heterocycles. The van der Waals surface area contributed by atoms with Crippen LogP contribution >= 0.6 is 15.9 Å². The standard InChI is InChI=1S/C12H15BrFNO2/c1-7(12(16)17-3)8(2)15-11-6-9(14)4-5-10(11)13/h4-8,15H,1-3H3. The maximum Gasteiger partial charge on any atom is 0.310 e. The fraction of sp³-hybridized carbons (Fsp3) is 0.417. The molecule has 94 valence electrons.